The molecule has 0 bridgehead atoms. The monoisotopic (exact) mass is 279 g/mol. The van der Waals surface area contributed by atoms with Gasteiger partial charge < -0.3 is 4.90 Å². The summed E-state index contributed by atoms with van der Waals surface area (Å²) < 4.78 is 1.83. The predicted molar refractivity (Wildman–Crippen MR) is 83.7 cm³/mol. The fraction of sp³-hybridized carbons (Fsp3) is 0.176. The van der Waals surface area contributed by atoms with E-state index in [1.54, 1.807) is 0 Å². The molecule has 0 unspecified atom stereocenters. The van der Waals surface area contributed by atoms with Crippen LogP contribution >= 0.6 is 0 Å². The van der Waals surface area contributed by atoms with Crippen molar-refractivity contribution >= 4 is 17.8 Å². The van der Waals surface area contributed by atoms with E-state index in [-0.39, 0.29) is 0 Å². The van der Waals surface area contributed by atoms with E-state index >= 15 is 0 Å². The van der Waals surface area contributed by atoms with Crippen LogP contribution in [-0.2, 0) is 6.54 Å². The maximum absolute atomic E-state index is 11.5. The number of imidazole rings is 1. The lowest BCUT2D eigenvalue weighted by Crippen LogP contribution is -2.23. The number of fused-ring (bicyclic) bond motifs is 1. The zero-order valence-electron chi connectivity index (χ0n) is 11.9. The maximum atomic E-state index is 11.5. The topological polar surface area (TPSA) is 37.6 Å². The number of aldehydes is 1. The minimum absolute atomic E-state index is 0.600. The van der Waals surface area contributed by atoms with Gasteiger partial charge >= 0.3 is 0 Å². The lowest BCUT2D eigenvalue weighted by molar-refractivity contribution is 0.111. The Bertz CT molecular complexity index is 749. The molecule has 0 radical (unpaired) electrons. The lowest BCUT2D eigenvalue weighted by atomic mass is 10.2. The molecule has 2 heterocycles. The van der Waals surface area contributed by atoms with Crippen LogP contribution in [0.5, 0.6) is 0 Å². The van der Waals surface area contributed by atoms with E-state index in [4.69, 9.17) is 0 Å². The number of carbonyl (C=O) groups is 1. The van der Waals surface area contributed by atoms with Crippen LogP contribution in [-0.4, -0.2) is 22.2 Å². The Morgan fingerprint density at radius 2 is 1.90 bits per heavy atom. The molecular weight excluding hydrogens is 262 g/mol. The molecule has 21 heavy (non-hydrogen) atoms. The van der Waals surface area contributed by atoms with Crippen LogP contribution in [0.1, 0.15) is 23.0 Å². The van der Waals surface area contributed by atoms with Crippen LogP contribution in [0, 0.1) is 0 Å². The summed E-state index contributed by atoms with van der Waals surface area (Å²) in [4.78, 5) is 18.2. The van der Waals surface area contributed by atoms with Crippen LogP contribution in [0.15, 0.2) is 54.7 Å². The Morgan fingerprint density at radius 1 is 1.14 bits per heavy atom. The van der Waals surface area contributed by atoms with Gasteiger partial charge in [0.05, 0.1) is 0 Å². The molecule has 4 nitrogen and oxygen atoms in total. The summed E-state index contributed by atoms with van der Waals surface area (Å²) in [7, 11) is 0. The van der Waals surface area contributed by atoms with Crippen molar-refractivity contribution in [2.75, 3.05) is 11.4 Å². The summed E-state index contributed by atoms with van der Waals surface area (Å²) in [6.45, 7) is 3.60. The highest BCUT2D eigenvalue weighted by atomic mass is 16.1. The molecule has 0 aliphatic carbocycles. The van der Waals surface area contributed by atoms with E-state index in [9.17, 15) is 4.79 Å². The minimum Gasteiger partial charge on any atom is -0.351 e. The van der Waals surface area contributed by atoms with Crippen molar-refractivity contribution in [2.45, 2.75) is 13.5 Å². The molecule has 0 fully saturated rings. The van der Waals surface area contributed by atoms with Crippen LogP contribution < -0.4 is 4.90 Å². The molecule has 3 rings (SSSR count). The second kappa shape index (κ2) is 5.79. The van der Waals surface area contributed by atoms with E-state index in [2.05, 4.69) is 28.9 Å². The first-order valence-corrected chi connectivity index (χ1v) is 7.04. The summed E-state index contributed by atoms with van der Waals surface area (Å²) in [5.41, 5.74) is 2.60. The SMILES string of the molecule is CCN(Cc1ccccc1)c1nc2ccccn2c1C=O. The molecule has 4 heteroatoms. The number of pyridine rings is 1. The number of rotatable bonds is 5. The van der Waals surface area contributed by atoms with E-state index in [1.807, 2.05) is 47.0 Å². The van der Waals surface area contributed by atoms with Crippen molar-refractivity contribution in [1.29, 1.82) is 0 Å². The highest BCUT2D eigenvalue weighted by Crippen LogP contribution is 2.22. The average Bonchev–Trinajstić information content (AvgIpc) is 2.92. The normalized spacial score (nSPS) is 10.7. The van der Waals surface area contributed by atoms with Gasteiger partial charge in [0.25, 0.3) is 0 Å². The van der Waals surface area contributed by atoms with Crippen molar-refractivity contribution in [3.05, 3.63) is 66.0 Å². The van der Waals surface area contributed by atoms with Crippen molar-refractivity contribution in [3.63, 3.8) is 0 Å². The van der Waals surface area contributed by atoms with E-state index in [0.29, 0.717) is 5.69 Å². The third-order valence-electron chi connectivity index (χ3n) is 3.56. The van der Waals surface area contributed by atoms with Gasteiger partial charge in [0.1, 0.15) is 11.3 Å². The van der Waals surface area contributed by atoms with Gasteiger partial charge in [-0.1, -0.05) is 36.4 Å². The number of nitrogens with zero attached hydrogens (tertiary/aromatic N) is 3. The fourth-order valence-electron chi connectivity index (χ4n) is 2.48. The van der Waals surface area contributed by atoms with Gasteiger partial charge in [-0.2, -0.15) is 0 Å². The zero-order chi connectivity index (χ0) is 14.7. The van der Waals surface area contributed by atoms with Crippen molar-refractivity contribution in [3.8, 4) is 0 Å². The second-order valence-corrected chi connectivity index (χ2v) is 4.87. The third-order valence-corrected chi connectivity index (χ3v) is 3.56. The number of carbonyl (C=O) groups excluding carboxylic acids is 1. The zero-order valence-corrected chi connectivity index (χ0v) is 11.9. The summed E-state index contributed by atoms with van der Waals surface area (Å²) >= 11 is 0. The molecule has 0 atom stereocenters. The minimum atomic E-state index is 0.600. The Balaban J connectivity index is 2.02. The second-order valence-electron chi connectivity index (χ2n) is 4.87. The van der Waals surface area contributed by atoms with E-state index < -0.39 is 0 Å². The number of hydrogen-bond acceptors (Lipinski definition) is 3. The highest BCUT2D eigenvalue weighted by molar-refractivity contribution is 5.83. The highest BCUT2D eigenvalue weighted by Gasteiger charge is 2.16. The third kappa shape index (κ3) is 2.52. The van der Waals surface area contributed by atoms with Crippen LogP contribution in [0.25, 0.3) is 5.65 Å². The van der Waals surface area contributed by atoms with Gasteiger partial charge in [-0.3, -0.25) is 9.20 Å². The largest absolute Gasteiger partial charge is 0.351 e. The van der Waals surface area contributed by atoms with E-state index in [1.165, 1.54) is 5.56 Å². The molecule has 0 saturated carbocycles. The Hall–Kier alpha value is -2.62. The Kier molecular flexibility index (Phi) is 3.69. The van der Waals surface area contributed by atoms with Crippen LogP contribution in [0.4, 0.5) is 5.82 Å². The first-order valence-electron chi connectivity index (χ1n) is 7.04. The first-order chi connectivity index (χ1) is 10.3. The molecule has 0 aliphatic rings. The number of benzene rings is 1. The van der Waals surface area contributed by atoms with Crippen LogP contribution in [0.3, 0.4) is 0 Å². The average molecular weight is 279 g/mol. The molecular formula is C17H17N3O. The van der Waals surface area contributed by atoms with Gasteiger partial charge in [0, 0.05) is 19.3 Å². The summed E-state index contributed by atoms with van der Waals surface area (Å²) in [5.74, 6) is 0.738. The predicted octanol–water partition coefficient (Wildman–Crippen LogP) is 3.17. The van der Waals surface area contributed by atoms with Crippen molar-refractivity contribution in [1.82, 2.24) is 9.38 Å². The quantitative estimate of drug-likeness (QED) is 0.673. The van der Waals surface area contributed by atoms with Crippen molar-refractivity contribution < 1.29 is 4.79 Å². The van der Waals surface area contributed by atoms with Gasteiger partial charge in [-0.05, 0) is 24.6 Å². The molecule has 0 N–H and O–H groups in total. The lowest BCUT2D eigenvalue weighted by Gasteiger charge is -2.21. The fourth-order valence-corrected chi connectivity index (χ4v) is 2.48. The molecule has 1 aromatic carbocycles. The van der Waals surface area contributed by atoms with Gasteiger partial charge in [-0.25, -0.2) is 4.98 Å². The van der Waals surface area contributed by atoms with Gasteiger partial charge in [0.15, 0.2) is 12.1 Å². The molecule has 0 aliphatic heterocycles. The smallest absolute Gasteiger partial charge is 0.170 e. The van der Waals surface area contributed by atoms with Crippen molar-refractivity contribution in [2.24, 2.45) is 0 Å². The number of aromatic nitrogens is 2. The number of hydrogen-bond donors (Lipinski definition) is 0. The molecule has 0 amide bonds. The standard InChI is InChI=1S/C17H17N3O/c1-2-19(12-14-8-4-3-5-9-14)17-15(13-21)20-11-7-6-10-16(20)18-17/h3-11,13H,2,12H2,1H3. The molecule has 106 valence electrons. The Labute approximate surface area is 123 Å². The summed E-state index contributed by atoms with van der Waals surface area (Å²) in [6, 6.07) is 15.9. The summed E-state index contributed by atoms with van der Waals surface area (Å²) in [5, 5.41) is 0. The first kappa shape index (κ1) is 13.4. The molecule has 0 spiro atoms. The molecule has 3 aromatic rings. The van der Waals surface area contributed by atoms with Gasteiger partial charge in [0.2, 0.25) is 0 Å². The number of anilines is 1. The van der Waals surface area contributed by atoms with Gasteiger partial charge in [-0.15, -0.1) is 0 Å². The van der Waals surface area contributed by atoms with E-state index in [0.717, 1.165) is 30.8 Å². The summed E-state index contributed by atoms with van der Waals surface area (Å²) in [6.07, 6.45) is 2.74. The Morgan fingerprint density at radius 3 is 2.62 bits per heavy atom. The van der Waals surface area contributed by atoms with Crippen LogP contribution in [0.2, 0.25) is 0 Å². The molecule has 2 aromatic heterocycles. The maximum Gasteiger partial charge on any atom is 0.170 e. The molecule has 0 saturated heterocycles.